The summed E-state index contributed by atoms with van der Waals surface area (Å²) in [6.45, 7) is 3.21. The van der Waals surface area contributed by atoms with Crippen LogP contribution < -0.4 is 10.2 Å². The summed E-state index contributed by atoms with van der Waals surface area (Å²) in [6.07, 6.45) is 7.72. The van der Waals surface area contributed by atoms with Crippen molar-refractivity contribution in [3.63, 3.8) is 0 Å². The second-order valence-corrected chi connectivity index (χ2v) is 5.31. The molecule has 0 bridgehead atoms. The number of hydrogen-bond donors (Lipinski definition) is 1. The van der Waals surface area contributed by atoms with E-state index in [4.69, 9.17) is 0 Å². The molecule has 0 atom stereocenters. The molecule has 1 N–H and O–H groups in total. The lowest BCUT2D eigenvalue weighted by Gasteiger charge is -2.28. The highest BCUT2D eigenvalue weighted by molar-refractivity contribution is 5.55. The average Bonchev–Trinajstić information content (AvgIpc) is 2.55. The standard InChI is InChI=1S/C17H21N3/c1-2-11-20(12-3-1)17-8-6-16(7-9-17)19-14-15-5-4-10-18-13-15/h4-10,13,19H,1-3,11-12,14H2. The normalized spacial score (nSPS) is 15.1. The fourth-order valence-corrected chi connectivity index (χ4v) is 2.65. The van der Waals surface area contributed by atoms with E-state index >= 15 is 0 Å². The van der Waals surface area contributed by atoms with Gasteiger partial charge in [0, 0.05) is 43.4 Å². The van der Waals surface area contributed by atoms with E-state index in [0.29, 0.717) is 0 Å². The van der Waals surface area contributed by atoms with E-state index in [0.717, 1.165) is 12.2 Å². The molecule has 3 heteroatoms. The number of rotatable bonds is 4. The van der Waals surface area contributed by atoms with E-state index in [1.807, 2.05) is 12.3 Å². The average molecular weight is 267 g/mol. The molecule has 3 rings (SSSR count). The first-order valence-corrected chi connectivity index (χ1v) is 7.39. The number of nitrogens with zero attached hydrogens (tertiary/aromatic N) is 2. The molecule has 0 spiro atoms. The molecule has 0 saturated carbocycles. The smallest absolute Gasteiger partial charge is 0.0416 e. The molecule has 2 aromatic rings. The van der Waals surface area contributed by atoms with Crippen molar-refractivity contribution in [2.24, 2.45) is 0 Å². The third kappa shape index (κ3) is 3.29. The van der Waals surface area contributed by atoms with E-state index in [-0.39, 0.29) is 0 Å². The molecule has 0 unspecified atom stereocenters. The minimum Gasteiger partial charge on any atom is -0.381 e. The zero-order valence-electron chi connectivity index (χ0n) is 11.8. The molecule has 104 valence electrons. The first kappa shape index (κ1) is 13.0. The molecule has 1 fully saturated rings. The van der Waals surface area contributed by atoms with Gasteiger partial charge in [-0.05, 0) is 55.2 Å². The topological polar surface area (TPSA) is 28.2 Å². The molecule has 20 heavy (non-hydrogen) atoms. The fourth-order valence-electron chi connectivity index (χ4n) is 2.65. The van der Waals surface area contributed by atoms with Gasteiger partial charge in [0.1, 0.15) is 0 Å². The predicted molar refractivity (Wildman–Crippen MR) is 84.1 cm³/mol. The Bertz CT molecular complexity index is 516. The summed E-state index contributed by atoms with van der Waals surface area (Å²) in [7, 11) is 0. The van der Waals surface area contributed by atoms with Crippen LogP contribution in [0.1, 0.15) is 24.8 Å². The van der Waals surface area contributed by atoms with Gasteiger partial charge in [-0.1, -0.05) is 6.07 Å². The minimum absolute atomic E-state index is 0.816. The molecule has 3 nitrogen and oxygen atoms in total. The van der Waals surface area contributed by atoms with Gasteiger partial charge in [-0.15, -0.1) is 0 Å². The van der Waals surface area contributed by atoms with Crippen LogP contribution in [0.25, 0.3) is 0 Å². The van der Waals surface area contributed by atoms with Crippen molar-refractivity contribution in [1.29, 1.82) is 0 Å². The number of piperidine rings is 1. The molecule has 2 heterocycles. The van der Waals surface area contributed by atoms with Crippen LogP contribution in [0.2, 0.25) is 0 Å². The van der Waals surface area contributed by atoms with Gasteiger partial charge in [0.15, 0.2) is 0 Å². The third-order valence-electron chi connectivity index (χ3n) is 3.81. The van der Waals surface area contributed by atoms with E-state index in [1.54, 1.807) is 6.20 Å². The van der Waals surface area contributed by atoms with Crippen LogP contribution in [0.4, 0.5) is 11.4 Å². The van der Waals surface area contributed by atoms with Crippen LogP contribution in [0.15, 0.2) is 48.8 Å². The van der Waals surface area contributed by atoms with Crippen LogP contribution in [0.3, 0.4) is 0 Å². The van der Waals surface area contributed by atoms with Crippen LogP contribution in [-0.4, -0.2) is 18.1 Å². The van der Waals surface area contributed by atoms with Crippen molar-refractivity contribution in [2.45, 2.75) is 25.8 Å². The van der Waals surface area contributed by atoms with Gasteiger partial charge in [0.2, 0.25) is 0 Å². The maximum Gasteiger partial charge on any atom is 0.0416 e. The number of nitrogens with one attached hydrogen (secondary N) is 1. The van der Waals surface area contributed by atoms with Crippen molar-refractivity contribution in [3.05, 3.63) is 54.4 Å². The Morgan fingerprint density at radius 2 is 1.80 bits per heavy atom. The van der Waals surface area contributed by atoms with Crippen molar-refractivity contribution in [1.82, 2.24) is 4.98 Å². The predicted octanol–water partition coefficient (Wildman–Crippen LogP) is 3.68. The lowest BCUT2D eigenvalue weighted by Crippen LogP contribution is -2.29. The maximum absolute atomic E-state index is 4.13. The van der Waals surface area contributed by atoms with E-state index in [1.165, 1.54) is 43.6 Å². The van der Waals surface area contributed by atoms with Crippen molar-refractivity contribution in [3.8, 4) is 0 Å². The Hall–Kier alpha value is -2.03. The number of benzene rings is 1. The largest absolute Gasteiger partial charge is 0.381 e. The van der Waals surface area contributed by atoms with Gasteiger partial charge in [-0.25, -0.2) is 0 Å². The summed E-state index contributed by atoms with van der Waals surface area (Å²) in [6, 6.07) is 12.8. The van der Waals surface area contributed by atoms with Crippen molar-refractivity contribution in [2.75, 3.05) is 23.3 Å². The Kier molecular flexibility index (Phi) is 4.16. The molecule has 1 aliphatic rings. The molecule has 0 radical (unpaired) electrons. The maximum atomic E-state index is 4.13. The van der Waals surface area contributed by atoms with Gasteiger partial charge in [-0.3, -0.25) is 4.98 Å². The second-order valence-electron chi connectivity index (χ2n) is 5.31. The summed E-state index contributed by atoms with van der Waals surface area (Å²) in [5.74, 6) is 0. The minimum atomic E-state index is 0.816. The molecule has 0 aliphatic carbocycles. The lowest BCUT2D eigenvalue weighted by molar-refractivity contribution is 0.578. The monoisotopic (exact) mass is 267 g/mol. The van der Waals surface area contributed by atoms with E-state index in [9.17, 15) is 0 Å². The molecule has 1 aromatic heterocycles. The number of anilines is 2. The number of aromatic nitrogens is 1. The van der Waals surface area contributed by atoms with Gasteiger partial charge in [0.05, 0.1) is 0 Å². The Balaban J connectivity index is 1.58. The lowest BCUT2D eigenvalue weighted by atomic mass is 10.1. The second kappa shape index (κ2) is 6.42. The van der Waals surface area contributed by atoms with E-state index in [2.05, 4.69) is 45.5 Å². The Morgan fingerprint density at radius 3 is 2.50 bits per heavy atom. The zero-order valence-corrected chi connectivity index (χ0v) is 11.8. The van der Waals surface area contributed by atoms with Crippen molar-refractivity contribution >= 4 is 11.4 Å². The highest BCUT2D eigenvalue weighted by Crippen LogP contribution is 2.21. The third-order valence-corrected chi connectivity index (χ3v) is 3.81. The Morgan fingerprint density at radius 1 is 1.00 bits per heavy atom. The molecule has 1 aliphatic heterocycles. The van der Waals surface area contributed by atoms with Crippen LogP contribution in [0.5, 0.6) is 0 Å². The summed E-state index contributed by atoms with van der Waals surface area (Å²) in [5, 5.41) is 3.43. The van der Waals surface area contributed by atoms with E-state index < -0.39 is 0 Å². The summed E-state index contributed by atoms with van der Waals surface area (Å²) in [4.78, 5) is 6.61. The molecule has 0 amide bonds. The SMILES string of the molecule is c1cncc(CNc2ccc(N3CCCCC3)cc2)c1. The van der Waals surface area contributed by atoms with Crippen LogP contribution in [0, 0.1) is 0 Å². The Labute approximate surface area is 120 Å². The zero-order chi connectivity index (χ0) is 13.6. The number of pyridine rings is 1. The molecular formula is C17H21N3. The first-order valence-electron chi connectivity index (χ1n) is 7.39. The summed E-state index contributed by atoms with van der Waals surface area (Å²) >= 11 is 0. The quantitative estimate of drug-likeness (QED) is 0.916. The van der Waals surface area contributed by atoms with Gasteiger partial charge in [-0.2, -0.15) is 0 Å². The van der Waals surface area contributed by atoms with Gasteiger partial charge < -0.3 is 10.2 Å². The summed E-state index contributed by atoms with van der Waals surface area (Å²) in [5.41, 5.74) is 3.71. The van der Waals surface area contributed by atoms with Crippen LogP contribution in [-0.2, 0) is 6.54 Å². The highest BCUT2D eigenvalue weighted by Gasteiger charge is 2.10. The van der Waals surface area contributed by atoms with Crippen molar-refractivity contribution < 1.29 is 0 Å². The molecular weight excluding hydrogens is 246 g/mol. The molecule has 1 saturated heterocycles. The number of hydrogen-bond acceptors (Lipinski definition) is 3. The first-order chi connectivity index (χ1) is 9.92. The van der Waals surface area contributed by atoms with Crippen LogP contribution >= 0.6 is 0 Å². The highest BCUT2D eigenvalue weighted by atomic mass is 15.1. The fraction of sp³-hybridized carbons (Fsp3) is 0.353. The van der Waals surface area contributed by atoms with Gasteiger partial charge >= 0.3 is 0 Å². The molecule has 1 aromatic carbocycles. The van der Waals surface area contributed by atoms with Gasteiger partial charge in [0.25, 0.3) is 0 Å². The summed E-state index contributed by atoms with van der Waals surface area (Å²) < 4.78 is 0.